The van der Waals surface area contributed by atoms with Crippen LogP contribution >= 0.6 is 11.6 Å². The summed E-state index contributed by atoms with van der Waals surface area (Å²) in [6.07, 6.45) is 2.79. The number of aryl methyl sites for hydroxylation is 2. The number of nitrogens with one attached hydrogen (secondary N) is 2. The first-order chi connectivity index (χ1) is 12.5. The van der Waals surface area contributed by atoms with Gasteiger partial charge in [-0.1, -0.05) is 16.8 Å². The number of aromatic nitrogens is 3. The number of ether oxygens (including phenoxy) is 1. The molecular formula is C17H16ClN5O3. The van der Waals surface area contributed by atoms with E-state index in [-0.39, 0.29) is 5.69 Å². The van der Waals surface area contributed by atoms with Crippen molar-refractivity contribution in [3.63, 3.8) is 0 Å². The van der Waals surface area contributed by atoms with Gasteiger partial charge in [0, 0.05) is 17.2 Å². The molecule has 0 unspecified atom stereocenters. The molecule has 26 heavy (non-hydrogen) atoms. The second kappa shape index (κ2) is 7.40. The fourth-order valence-electron chi connectivity index (χ4n) is 2.18. The van der Waals surface area contributed by atoms with Crippen molar-refractivity contribution in [3.05, 3.63) is 52.6 Å². The van der Waals surface area contributed by atoms with Crippen LogP contribution < -0.4 is 15.4 Å². The molecule has 3 rings (SSSR count). The lowest BCUT2D eigenvalue weighted by molar-refractivity contribution is 0.102. The van der Waals surface area contributed by atoms with Crippen LogP contribution in [0.4, 0.5) is 17.3 Å². The summed E-state index contributed by atoms with van der Waals surface area (Å²) >= 11 is 6.07. The van der Waals surface area contributed by atoms with Crippen LogP contribution in [0.5, 0.6) is 5.75 Å². The van der Waals surface area contributed by atoms with Crippen molar-refractivity contribution in [2.75, 3.05) is 17.7 Å². The molecule has 1 aromatic carbocycles. The van der Waals surface area contributed by atoms with Gasteiger partial charge in [0.15, 0.2) is 5.82 Å². The van der Waals surface area contributed by atoms with E-state index in [4.69, 9.17) is 20.9 Å². The molecule has 0 fully saturated rings. The highest BCUT2D eigenvalue weighted by atomic mass is 35.5. The lowest BCUT2D eigenvalue weighted by atomic mass is 10.2. The summed E-state index contributed by atoms with van der Waals surface area (Å²) in [5.41, 5.74) is 1.47. The van der Waals surface area contributed by atoms with E-state index in [1.807, 2.05) is 6.92 Å². The molecule has 0 radical (unpaired) electrons. The topological polar surface area (TPSA) is 102 Å². The second-order valence-electron chi connectivity index (χ2n) is 5.49. The van der Waals surface area contributed by atoms with Gasteiger partial charge in [-0.15, -0.1) is 0 Å². The zero-order valence-corrected chi connectivity index (χ0v) is 15.1. The first-order valence-electron chi connectivity index (χ1n) is 7.64. The van der Waals surface area contributed by atoms with E-state index in [2.05, 4.69) is 25.8 Å². The van der Waals surface area contributed by atoms with E-state index in [1.165, 1.54) is 19.5 Å². The number of hydrogen-bond donors (Lipinski definition) is 2. The third-order valence-electron chi connectivity index (χ3n) is 3.50. The van der Waals surface area contributed by atoms with E-state index in [9.17, 15) is 4.79 Å². The molecule has 3 aromatic rings. The highest BCUT2D eigenvalue weighted by Gasteiger charge is 2.13. The van der Waals surface area contributed by atoms with Gasteiger partial charge in [0.2, 0.25) is 0 Å². The third kappa shape index (κ3) is 3.92. The van der Waals surface area contributed by atoms with Crippen LogP contribution in [0, 0.1) is 13.8 Å². The molecule has 0 spiro atoms. The Labute approximate surface area is 154 Å². The highest BCUT2D eigenvalue weighted by Crippen LogP contribution is 2.31. The zero-order valence-electron chi connectivity index (χ0n) is 14.3. The van der Waals surface area contributed by atoms with E-state index < -0.39 is 5.91 Å². The summed E-state index contributed by atoms with van der Waals surface area (Å²) in [5.74, 6) is 1.66. The van der Waals surface area contributed by atoms with Gasteiger partial charge in [0.05, 0.1) is 25.2 Å². The van der Waals surface area contributed by atoms with E-state index >= 15 is 0 Å². The van der Waals surface area contributed by atoms with Gasteiger partial charge in [-0.25, -0.2) is 9.97 Å². The Balaban J connectivity index is 1.73. The predicted molar refractivity (Wildman–Crippen MR) is 97.2 cm³/mol. The molecule has 0 saturated heterocycles. The number of benzene rings is 1. The van der Waals surface area contributed by atoms with Crippen molar-refractivity contribution >= 4 is 34.8 Å². The molecule has 0 atom stereocenters. The minimum Gasteiger partial charge on any atom is -0.495 e. The first kappa shape index (κ1) is 17.7. The molecule has 2 N–H and O–H groups in total. The van der Waals surface area contributed by atoms with Crippen LogP contribution in [-0.2, 0) is 0 Å². The molecular weight excluding hydrogens is 358 g/mol. The molecule has 0 bridgehead atoms. The molecule has 0 aliphatic heterocycles. The average molecular weight is 374 g/mol. The summed E-state index contributed by atoms with van der Waals surface area (Å²) < 4.78 is 10.2. The average Bonchev–Trinajstić information content (AvgIpc) is 3.03. The maximum absolute atomic E-state index is 12.4. The van der Waals surface area contributed by atoms with Gasteiger partial charge in [0.25, 0.3) is 5.91 Å². The normalized spacial score (nSPS) is 10.5. The molecule has 0 aliphatic rings. The maximum atomic E-state index is 12.4. The molecule has 134 valence electrons. The van der Waals surface area contributed by atoms with Crippen LogP contribution in [0.3, 0.4) is 0 Å². The summed E-state index contributed by atoms with van der Waals surface area (Å²) in [5, 5.41) is 10.0. The van der Waals surface area contributed by atoms with Crippen LogP contribution in [-0.4, -0.2) is 28.1 Å². The van der Waals surface area contributed by atoms with Crippen LogP contribution in [0.25, 0.3) is 0 Å². The van der Waals surface area contributed by atoms with Gasteiger partial charge in [-0.2, -0.15) is 0 Å². The van der Waals surface area contributed by atoms with Crippen molar-refractivity contribution in [3.8, 4) is 5.75 Å². The minimum absolute atomic E-state index is 0.154. The number of hydrogen-bond acceptors (Lipinski definition) is 7. The molecule has 0 saturated carbocycles. The zero-order chi connectivity index (χ0) is 18.7. The SMILES string of the molecule is COc1cc(Cl)c(C)cc1NC(=O)c1cnc(Nc2cc(C)on2)cn1. The number of anilines is 3. The van der Waals surface area contributed by atoms with Gasteiger partial charge in [0.1, 0.15) is 23.0 Å². The highest BCUT2D eigenvalue weighted by molar-refractivity contribution is 6.31. The number of halogens is 1. The maximum Gasteiger partial charge on any atom is 0.275 e. The van der Waals surface area contributed by atoms with E-state index in [0.29, 0.717) is 33.9 Å². The van der Waals surface area contributed by atoms with Gasteiger partial charge >= 0.3 is 0 Å². The quantitative estimate of drug-likeness (QED) is 0.702. The number of amides is 1. The summed E-state index contributed by atoms with van der Waals surface area (Å²) in [7, 11) is 1.50. The Morgan fingerprint density at radius 2 is 1.96 bits per heavy atom. The van der Waals surface area contributed by atoms with E-state index in [0.717, 1.165) is 5.56 Å². The van der Waals surface area contributed by atoms with Crippen molar-refractivity contribution in [2.45, 2.75) is 13.8 Å². The number of nitrogens with zero attached hydrogens (tertiary/aromatic N) is 3. The van der Waals surface area contributed by atoms with Gasteiger partial charge < -0.3 is 19.9 Å². The first-order valence-corrected chi connectivity index (χ1v) is 8.02. The number of carbonyl (C=O) groups excluding carboxylic acids is 1. The molecule has 2 heterocycles. The van der Waals surface area contributed by atoms with Gasteiger partial charge in [-0.05, 0) is 25.5 Å². The fourth-order valence-corrected chi connectivity index (χ4v) is 2.34. The third-order valence-corrected chi connectivity index (χ3v) is 3.90. The van der Waals surface area contributed by atoms with E-state index in [1.54, 1.807) is 25.1 Å². The van der Waals surface area contributed by atoms with Gasteiger partial charge in [-0.3, -0.25) is 4.79 Å². The number of methoxy groups -OCH3 is 1. The van der Waals surface area contributed by atoms with Crippen LogP contribution in [0.15, 0.2) is 35.1 Å². The fraction of sp³-hybridized carbons (Fsp3) is 0.176. The molecule has 0 aliphatic carbocycles. The molecule has 9 heteroatoms. The van der Waals surface area contributed by atoms with Crippen LogP contribution in [0.2, 0.25) is 5.02 Å². The lowest BCUT2D eigenvalue weighted by Crippen LogP contribution is -2.15. The monoisotopic (exact) mass is 373 g/mol. The van der Waals surface area contributed by atoms with Crippen molar-refractivity contribution in [2.24, 2.45) is 0 Å². The molecule has 2 aromatic heterocycles. The Hall–Kier alpha value is -3.13. The largest absolute Gasteiger partial charge is 0.495 e. The van der Waals surface area contributed by atoms with Crippen molar-refractivity contribution in [1.82, 2.24) is 15.1 Å². The van der Waals surface area contributed by atoms with Crippen molar-refractivity contribution in [1.29, 1.82) is 0 Å². The summed E-state index contributed by atoms with van der Waals surface area (Å²) in [6, 6.07) is 5.10. The second-order valence-corrected chi connectivity index (χ2v) is 5.90. The Kier molecular flexibility index (Phi) is 5.04. The number of rotatable bonds is 5. The Bertz CT molecular complexity index is 940. The Morgan fingerprint density at radius 3 is 2.58 bits per heavy atom. The lowest BCUT2D eigenvalue weighted by Gasteiger charge is -2.12. The van der Waals surface area contributed by atoms with Crippen LogP contribution in [0.1, 0.15) is 21.8 Å². The minimum atomic E-state index is -0.415. The number of carbonyl (C=O) groups is 1. The van der Waals surface area contributed by atoms with Crippen molar-refractivity contribution < 1.29 is 14.1 Å². The smallest absolute Gasteiger partial charge is 0.275 e. The standard InChI is InChI=1S/C17H16ClN5O3/c1-9-4-12(14(25-3)6-11(9)18)21-17(24)13-7-20-16(8-19-13)22-15-5-10(2)26-23-15/h4-8H,1-3H3,(H,21,24)(H,20,22,23). The molecule has 1 amide bonds. The summed E-state index contributed by atoms with van der Waals surface area (Å²) in [6.45, 7) is 3.62. The summed E-state index contributed by atoms with van der Waals surface area (Å²) in [4.78, 5) is 20.7. The predicted octanol–water partition coefficient (Wildman–Crippen LogP) is 3.74. The molecule has 8 nitrogen and oxygen atoms in total. The Morgan fingerprint density at radius 1 is 1.15 bits per heavy atom.